The highest BCUT2D eigenvalue weighted by atomic mass is 32.2. The van der Waals surface area contributed by atoms with Gasteiger partial charge in [0.2, 0.25) is 5.82 Å². The molecule has 0 atom stereocenters. The number of amides is 1. The predicted octanol–water partition coefficient (Wildman–Crippen LogP) is 5.14. The van der Waals surface area contributed by atoms with Crippen LogP contribution in [0, 0.1) is 6.92 Å². The van der Waals surface area contributed by atoms with Gasteiger partial charge >= 0.3 is 0 Å². The number of aryl methyl sites for hydroxylation is 1. The maximum absolute atomic E-state index is 12.7. The third kappa shape index (κ3) is 3.69. The highest BCUT2D eigenvalue weighted by Crippen LogP contribution is 2.34. The fraction of sp³-hybridized carbons (Fsp3) is 0.100. The number of thiophene rings is 1. The number of hydrogen-bond donors (Lipinski definition) is 1. The highest BCUT2D eigenvalue weighted by molar-refractivity contribution is 7.98. The van der Waals surface area contributed by atoms with E-state index in [-0.39, 0.29) is 5.91 Å². The maximum atomic E-state index is 12.7. The first kappa shape index (κ1) is 18.4. The SMILES string of the molecule is CSc1ncccc1C(=O)Nc1ccsc1-c1nc(-c2cccc(C)c2)no1. The van der Waals surface area contributed by atoms with Crippen molar-refractivity contribution in [2.24, 2.45) is 0 Å². The number of aromatic nitrogens is 3. The molecule has 0 saturated heterocycles. The van der Waals surface area contributed by atoms with Crippen molar-refractivity contribution in [3.63, 3.8) is 0 Å². The summed E-state index contributed by atoms with van der Waals surface area (Å²) in [6.45, 7) is 2.01. The molecule has 0 aliphatic carbocycles. The van der Waals surface area contributed by atoms with Gasteiger partial charge in [-0.3, -0.25) is 4.79 Å². The Morgan fingerprint density at radius 3 is 2.93 bits per heavy atom. The summed E-state index contributed by atoms with van der Waals surface area (Å²) in [6, 6.07) is 13.2. The van der Waals surface area contributed by atoms with Crippen LogP contribution in [0.3, 0.4) is 0 Å². The Morgan fingerprint density at radius 2 is 2.11 bits per heavy atom. The predicted molar refractivity (Wildman–Crippen MR) is 112 cm³/mol. The molecule has 0 unspecified atom stereocenters. The average Bonchev–Trinajstić information content (AvgIpc) is 3.37. The summed E-state index contributed by atoms with van der Waals surface area (Å²) in [6.07, 6.45) is 3.56. The van der Waals surface area contributed by atoms with Crippen LogP contribution in [0.2, 0.25) is 0 Å². The van der Waals surface area contributed by atoms with Crippen molar-refractivity contribution in [2.45, 2.75) is 11.9 Å². The van der Waals surface area contributed by atoms with Gasteiger partial charge in [0.25, 0.3) is 11.8 Å². The van der Waals surface area contributed by atoms with Crippen LogP contribution in [0.15, 0.2) is 63.6 Å². The number of carbonyl (C=O) groups excluding carboxylic acids is 1. The van der Waals surface area contributed by atoms with Crippen LogP contribution < -0.4 is 5.32 Å². The molecule has 1 N–H and O–H groups in total. The number of anilines is 1. The lowest BCUT2D eigenvalue weighted by atomic mass is 10.1. The molecular formula is C20H16N4O2S2. The molecule has 0 saturated carbocycles. The summed E-state index contributed by atoms with van der Waals surface area (Å²) in [5.74, 6) is 0.662. The van der Waals surface area contributed by atoms with Gasteiger partial charge in [-0.05, 0) is 42.8 Å². The molecule has 0 fully saturated rings. The van der Waals surface area contributed by atoms with E-state index in [9.17, 15) is 4.79 Å². The van der Waals surface area contributed by atoms with Crippen LogP contribution in [0.4, 0.5) is 5.69 Å². The van der Waals surface area contributed by atoms with Gasteiger partial charge in [-0.25, -0.2) is 4.98 Å². The van der Waals surface area contributed by atoms with Crippen molar-refractivity contribution in [3.05, 3.63) is 65.2 Å². The summed E-state index contributed by atoms with van der Waals surface area (Å²) < 4.78 is 5.46. The Morgan fingerprint density at radius 1 is 1.21 bits per heavy atom. The number of thioether (sulfide) groups is 1. The monoisotopic (exact) mass is 408 g/mol. The molecule has 6 nitrogen and oxygen atoms in total. The number of hydrogen-bond acceptors (Lipinski definition) is 7. The highest BCUT2D eigenvalue weighted by Gasteiger charge is 2.19. The molecule has 140 valence electrons. The third-order valence-electron chi connectivity index (χ3n) is 4.02. The summed E-state index contributed by atoms with van der Waals surface area (Å²) in [5.41, 5.74) is 3.16. The Labute approximate surface area is 170 Å². The molecule has 0 radical (unpaired) electrons. The Kier molecular flexibility index (Phi) is 5.23. The lowest BCUT2D eigenvalue weighted by Crippen LogP contribution is -2.13. The van der Waals surface area contributed by atoms with E-state index in [2.05, 4.69) is 20.4 Å². The number of rotatable bonds is 5. The minimum Gasteiger partial charge on any atom is -0.333 e. The number of nitrogens with one attached hydrogen (secondary N) is 1. The summed E-state index contributed by atoms with van der Waals surface area (Å²) in [5, 5.41) is 9.56. The smallest absolute Gasteiger partial charge is 0.270 e. The summed E-state index contributed by atoms with van der Waals surface area (Å²) >= 11 is 2.86. The van der Waals surface area contributed by atoms with Gasteiger partial charge in [0.1, 0.15) is 9.90 Å². The van der Waals surface area contributed by atoms with E-state index in [1.165, 1.54) is 23.1 Å². The Hall–Kier alpha value is -2.97. The molecule has 0 spiro atoms. The van der Waals surface area contributed by atoms with E-state index in [0.29, 0.717) is 32.9 Å². The molecular weight excluding hydrogens is 392 g/mol. The number of nitrogens with zero attached hydrogens (tertiary/aromatic N) is 3. The summed E-state index contributed by atoms with van der Waals surface area (Å²) in [7, 11) is 0. The normalized spacial score (nSPS) is 10.8. The van der Waals surface area contributed by atoms with Crippen molar-refractivity contribution in [1.29, 1.82) is 0 Å². The van der Waals surface area contributed by atoms with Crippen molar-refractivity contribution < 1.29 is 9.32 Å². The molecule has 3 aromatic heterocycles. The van der Waals surface area contributed by atoms with Crippen molar-refractivity contribution in [2.75, 3.05) is 11.6 Å². The molecule has 0 aliphatic rings. The zero-order chi connectivity index (χ0) is 19.5. The van der Waals surface area contributed by atoms with E-state index in [0.717, 1.165) is 11.1 Å². The molecule has 28 heavy (non-hydrogen) atoms. The molecule has 4 aromatic rings. The van der Waals surface area contributed by atoms with Crippen molar-refractivity contribution in [3.8, 4) is 22.2 Å². The Bertz CT molecular complexity index is 1140. The molecule has 0 aliphatic heterocycles. The van der Waals surface area contributed by atoms with Gasteiger partial charge in [-0.2, -0.15) is 4.98 Å². The van der Waals surface area contributed by atoms with Gasteiger partial charge in [0.05, 0.1) is 11.3 Å². The van der Waals surface area contributed by atoms with Crippen molar-refractivity contribution in [1.82, 2.24) is 15.1 Å². The second-order valence-corrected chi connectivity index (χ2v) is 7.68. The Balaban J connectivity index is 1.61. The van der Waals surface area contributed by atoms with E-state index in [4.69, 9.17) is 4.52 Å². The van der Waals surface area contributed by atoms with Crippen LogP contribution in [0.1, 0.15) is 15.9 Å². The largest absolute Gasteiger partial charge is 0.333 e. The average molecular weight is 409 g/mol. The quantitative estimate of drug-likeness (QED) is 0.460. The minimum absolute atomic E-state index is 0.226. The van der Waals surface area contributed by atoms with Gasteiger partial charge in [0, 0.05) is 11.8 Å². The summed E-state index contributed by atoms with van der Waals surface area (Å²) in [4.78, 5) is 22.2. The lowest BCUT2D eigenvalue weighted by molar-refractivity contribution is 0.102. The number of benzene rings is 1. The topological polar surface area (TPSA) is 80.9 Å². The van der Waals surface area contributed by atoms with Crippen LogP contribution in [-0.2, 0) is 0 Å². The van der Waals surface area contributed by atoms with E-state index < -0.39 is 0 Å². The van der Waals surface area contributed by atoms with Gasteiger partial charge in [-0.15, -0.1) is 23.1 Å². The second kappa shape index (κ2) is 7.95. The van der Waals surface area contributed by atoms with E-state index in [1.807, 2.05) is 48.9 Å². The second-order valence-electron chi connectivity index (χ2n) is 5.97. The zero-order valence-electron chi connectivity index (χ0n) is 15.2. The van der Waals surface area contributed by atoms with Crippen molar-refractivity contribution >= 4 is 34.7 Å². The number of carbonyl (C=O) groups is 1. The third-order valence-corrected chi connectivity index (χ3v) is 5.63. The van der Waals surface area contributed by atoms with Crippen LogP contribution >= 0.6 is 23.1 Å². The fourth-order valence-electron chi connectivity index (χ4n) is 2.71. The molecule has 1 aromatic carbocycles. The first-order valence-corrected chi connectivity index (χ1v) is 10.5. The standard InChI is InChI=1S/C20H16N4O2S2/c1-12-5-3-6-13(11-12)17-23-19(26-24-17)16-15(8-10-28-16)22-18(25)14-7-4-9-21-20(14)27-2/h3-11H,1-2H3,(H,22,25). The first-order chi connectivity index (χ1) is 13.7. The number of pyridine rings is 1. The van der Waals surface area contributed by atoms with Gasteiger partial charge < -0.3 is 9.84 Å². The maximum Gasteiger partial charge on any atom is 0.270 e. The molecule has 1 amide bonds. The molecule has 0 bridgehead atoms. The zero-order valence-corrected chi connectivity index (χ0v) is 16.8. The van der Waals surface area contributed by atoms with Crippen LogP contribution in [0.5, 0.6) is 0 Å². The van der Waals surface area contributed by atoms with Crippen LogP contribution in [-0.4, -0.2) is 27.3 Å². The minimum atomic E-state index is -0.226. The van der Waals surface area contributed by atoms with E-state index >= 15 is 0 Å². The fourth-order valence-corrected chi connectivity index (χ4v) is 4.02. The van der Waals surface area contributed by atoms with Crippen LogP contribution in [0.25, 0.3) is 22.2 Å². The molecule has 3 heterocycles. The van der Waals surface area contributed by atoms with E-state index in [1.54, 1.807) is 18.3 Å². The molecule has 8 heteroatoms. The first-order valence-electron chi connectivity index (χ1n) is 8.44. The van der Waals surface area contributed by atoms with Gasteiger partial charge in [0.15, 0.2) is 0 Å². The van der Waals surface area contributed by atoms with Gasteiger partial charge in [-0.1, -0.05) is 28.9 Å². The molecule has 4 rings (SSSR count). The lowest BCUT2D eigenvalue weighted by Gasteiger charge is -2.07.